The molecule has 1 fully saturated rings. The number of aromatic nitrogens is 1. The minimum atomic E-state index is -0.603. The van der Waals surface area contributed by atoms with E-state index in [-0.39, 0.29) is 24.1 Å². The van der Waals surface area contributed by atoms with E-state index in [1.807, 2.05) is 24.3 Å². The summed E-state index contributed by atoms with van der Waals surface area (Å²) in [5.41, 5.74) is 3.96. The molecule has 3 aliphatic rings. The molecule has 0 aliphatic carbocycles. The number of nitrogens with one attached hydrogen (secondary N) is 1. The highest BCUT2D eigenvalue weighted by Crippen LogP contribution is 2.29. The Labute approximate surface area is 184 Å². The second-order valence-electron chi connectivity index (χ2n) is 8.44. The number of carbonyl (C=O) groups is 3. The summed E-state index contributed by atoms with van der Waals surface area (Å²) in [6.07, 6.45) is 4.96. The van der Waals surface area contributed by atoms with Gasteiger partial charge in [0, 0.05) is 44.4 Å². The Morgan fingerprint density at radius 2 is 2.03 bits per heavy atom. The van der Waals surface area contributed by atoms with Gasteiger partial charge in [-0.3, -0.25) is 29.6 Å². The number of hydrogen-bond donors (Lipinski definition) is 1. The molecular weight excluding hydrogens is 411 g/mol. The zero-order chi connectivity index (χ0) is 22.2. The number of rotatable bonds is 4. The number of piperidine rings is 1. The lowest BCUT2D eigenvalue weighted by Crippen LogP contribution is -2.52. The summed E-state index contributed by atoms with van der Waals surface area (Å²) >= 11 is 0. The Bertz CT molecular complexity index is 1150. The number of benzene rings is 1. The van der Waals surface area contributed by atoms with Crippen molar-refractivity contribution in [3.8, 4) is 0 Å². The van der Waals surface area contributed by atoms with Crippen LogP contribution < -0.4 is 5.32 Å². The van der Waals surface area contributed by atoms with Gasteiger partial charge in [0.05, 0.1) is 0 Å². The van der Waals surface area contributed by atoms with Gasteiger partial charge in [0.15, 0.2) is 0 Å². The van der Waals surface area contributed by atoms with Gasteiger partial charge in [-0.15, -0.1) is 0 Å². The van der Waals surface area contributed by atoms with E-state index in [2.05, 4.69) is 15.2 Å². The summed E-state index contributed by atoms with van der Waals surface area (Å²) < 4.78 is 14.0. The maximum Gasteiger partial charge on any atom is 0.255 e. The fourth-order valence-electron chi connectivity index (χ4n) is 4.68. The highest BCUT2D eigenvalue weighted by Gasteiger charge is 2.39. The summed E-state index contributed by atoms with van der Waals surface area (Å²) in [6.45, 7) is 2.58. The molecule has 0 bridgehead atoms. The SMILES string of the molecule is O=C1CCC(N2Cc3cc(CN4CC=C(c5ncccc5F)CC4)ccc3C2=O)C(=O)N1. The molecule has 3 amide bonds. The highest BCUT2D eigenvalue weighted by molar-refractivity contribution is 6.05. The zero-order valence-electron chi connectivity index (χ0n) is 17.5. The quantitative estimate of drug-likeness (QED) is 0.747. The lowest BCUT2D eigenvalue weighted by molar-refractivity contribution is -0.136. The molecule has 1 unspecified atom stereocenters. The van der Waals surface area contributed by atoms with Crippen molar-refractivity contribution < 1.29 is 18.8 Å². The van der Waals surface area contributed by atoms with Crippen molar-refractivity contribution in [2.24, 2.45) is 0 Å². The van der Waals surface area contributed by atoms with Crippen molar-refractivity contribution >= 4 is 23.3 Å². The largest absolute Gasteiger partial charge is 0.322 e. The number of imide groups is 1. The fraction of sp³-hybridized carbons (Fsp3) is 0.333. The molecule has 164 valence electrons. The van der Waals surface area contributed by atoms with Crippen LogP contribution >= 0.6 is 0 Å². The molecule has 0 saturated carbocycles. The zero-order valence-corrected chi connectivity index (χ0v) is 17.5. The van der Waals surface area contributed by atoms with Crippen molar-refractivity contribution in [3.05, 3.63) is 70.8 Å². The minimum absolute atomic E-state index is 0.163. The molecule has 0 radical (unpaired) electrons. The monoisotopic (exact) mass is 434 g/mol. The van der Waals surface area contributed by atoms with E-state index in [1.54, 1.807) is 17.2 Å². The Morgan fingerprint density at radius 3 is 2.78 bits per heavy atom. The van der Waals surface area contributed by atoms with Crippen LogP contribution in [-0.2, 0) is 22.7 Å². The third-order valence-electron chi connectivity index (χ3n) is 6.35. The fourth-order valence-corrected chi connectivity index (χ4v) is 4.68. The first-order chi connectivity index (χ1) is 15.5. The van der Waals surface area contributed by atoms with E-state index in [0.717, 1.165) is 29.7 Å². The first kappa shape index (κ1) is 20.5. The number of nitrogens with zero attached hydrogens (tertiary/aromatic N) is 3. The van der Waals surface area contributed by atoms with Gasteiger partial charge in [0.1, 0.15) is 17.6 Å². The molecule has 32 heavy (non-hydrogen) atoms. The van der Waals surface area contributed by atoms with Crippen LogP contribution in [0.5, 0.6) is 0 Å². The number of carbonyl (C=O) groups excluding carboxylic acids is 3. The minimum Gasteiger partial charge on any atom is -0.322 e. The third-order valence-corrected chi connectivity index (χ3v) is 6.35. The van der Waals surface area contributed by atoms with Crippen LogP contribution in [0.2, 0.25) is 0 Å². The second kappa shape index (κ2) is 8.27. The average Bonchev–Trinajstić information content (AvgIpc) is 3.10. The summed E-state index contributed by atoms with van der Waals surface area (Å²) in [6, 6.07) is 8.22. The number of hydrogen-bond acceptors (Lipinski definition) is 5. The molecule has 3 aliphatic heterocycles. The topological polar surface area (TPSA) is 82.6 Å². The van der Waals surface area contributed by atoms with Gasteiger partial charge >= 0.3 is 0 Å². The molecule has 1 N–H and O–H groups in total. The number of amides is 3. The first-order valence-electron chi connectivity index (χ1n) is 10.8. The van der Waals surface area contributed by atoms with Gasteiger partial charge in [-0.25, -0.2) is 4.39 Å². The average molecular weight is 434 g/mol. The lowest BCUT2D eigenvalue weighted by atomic mass is 10.0. The first-order valence-corrected chi connectivity index (χ1v) is 10.8. The Kier molecular flexibility index (Phi) is 5.30. The summed E-state index contributed by atoms with van der Waals surface area (Å²) in [5.74, 6) is -1.15. The molecule has 8 heteroatoms. The van der Waals surface area contributed by atoms with Crippen LogP contribution in [0.4, 0.5) is 4.39 Å². The molecule has 4 heterocycles. The van der Waals surface area contributed by atoms with Gasteiger partial charge in [-0.1, -0.05) is 18.2 Å². The van der Waals surface area contributed by atoms with Crippen molar-refractivity contribution in [2.75, 3.05) is 13.1 Å². The molecule has 1 aromatic heterocycles. The van der Waals surface area contributed by atoms with Crippen LogP contribution in [-0.4, -0.2) is 51.6 Å². The number of pyridine rings is 1. The van der Waals surface area contributed by atoms with Crippen molar-refractivity contribution in [2.45, 2.75) is 38.4 Å². The smallest absolute Gasteiger partial charge is 0.255 e. The molecule has 2 aromatic rings. The molecule has 1 aromatic carbocycles. The predicted molar refractivity (Wildman–Crippen MR) is 115 cm³/mol. The highest BCUT2D eigenvalue weighted by atomic mass is 19.1. The van der Waals surface area contributed by atoms with E-state index in [1.165, 1.54) is 6.07 Å². The van der Waals surface area contributed by atoms with Crippen molar-refractivity contribution in [1.29, 1.82) is 0 Å². The standard InChI is InChI=1S/C24H23FN4O3/c25-19-2-1-9-26-22(19)16-7-10-28(11-8-16)13-15-3-4-18-17(12-15)14-29(24(18)32)20-5-6-21(30)27-23(20)31/h1-4,7,9,12,20H,5-6,8,10-11,13-14H2,(H,27,30,31). The van der Waals surface area contributed by atoms with Crippen LogP contribution in [0, 0.1) is 5.82 Å². The van der Waals surface area contributed by atoms with Crippen LogP contribution in [0.15, 0.2) is 42.6 Å². The Morgan fingerprint density at radius 1 is 1.16 bits per heavy atom. The predicted octanol–water partition coefficient (Wildman–Crippen LogP) is 2.27. The summed E-state index contributed by atoms with van der Waals surface area (Å²) in [5, 5.41) is 2.33. The molecule has 5 rings (SSSR count). The van der Waals surface area contributed by atoms with Crippen LogP contribution in [0.25, 0.3) is 5.57 Å². The molecule has 1 atom stereocenters. The van der Waals surface area contributed by atoms with E-state index >= 15 is 0 Å². The van der Waals surface area contributed by atoms with E-state index in [4.69, 9.17) is 0 Å². The third kappa shape index (κ3) is 3.82. The van der Waals surface area contributed by atoms with Crippen molar-refractivity contribution in [3.63, 3.8) is 0 Å². The Hall–Kier alpha value is -3.39. The molecular formula is C24H23FN4O3. The maximum atomic E-state index is 14.0. The van der Waals surface area contributed by atoms with Gasteiger partial charge in [-0.05, 0) is 47.7 Å². The van der Waals surface area contributed by atoms with Crippen LogP contribution in [0.1, 0.15) is 46.4 Å². The van der Waals surface area contributed by atoms with Gasteiger partial charge in [0.2, 0.25) is 11.8 Å². The Balaban J connectivity index is 1.26. The van der Waals surface area contributed by atoms with E-state index in [9.17, 15) is 18.8 Å². The van der Waals surface area contributed by atoms with Gasteiger partial charge in [0.25, 0.3) is 5.91 Å². The van der Waals surface area contributed by atoms with Crippen LogP contribution in [0.3, 0.4) is 0 Å². The maximum absolute atomic E-state index is 14.0. The number of halogens is 1. The van der Waals surface area contributed by atoms with Gasteiger partial charge in [-0.2, -0.15) is 0 Å². The van der Waals surface area contributed by atoms with E-state index in [0.29, 0.717) is 37.3 Å². The lowest BCUT2D eigenvalue weighted by Gasteiger charge is -2.29. The summed E-state index contributed by atoms with van der Waals surface area (Å²) in [7, 11) is 0. The second-order valence-corrected chi connectivity index (χ2v) is 8.44. The molecule has 7 nitrogen and oxygen atoms in total. The summed E-state index contributed by atoms with van der Waals surface area (Å²) in [4.78, 5) is 44.4. The normalized spacial score (nSPS) is 21.4. The van der Waals surface area contributed by atoms with Gasteiger partial charge < -0.3 is 4.90 Å². The molecule has 1 saturated heterocycles. The van der Waals surface area contributed by atoms with E-state index < -0.39 is 11.9 Å². The molecule has 0 spiro atoms. The van der Waals surface area contributed by atoms with Crippen molar-refractivity contribution in [1.82, 2.24) is 20.1 Å². The number of fused-ring (bicyclic) bond motifs is 1.